The van der Waals surface area contributed by atoms with Gasteiger partial charge in [-0.15, -0.1) is 0 Å². The third-order valence-electron chi connectivity index (χ3n) is 2.73. The van der Waals surface area contributed by atoms with Crippen molar-refractivity contribution in [2.45, 2.75) is 0 Å². The molecular formula is C11H16N4O3S. The first-order valence-electron chi connectivity index (χ1n) is 5.68. The van der Waals surface area contributed by atoms with Crippen LogP contribution in [0.4, 0.5) is 5.69 Å². The van der Waals surface area contributed by atoms with Crippen molar-refractivity contribution in [2.75, 3.05) is 24.1 Å². The molecule has 7 nitrogen and oxygen atoms in total. The first-order chi connectivity index (χ1) is 8.98. The lowest BCUT2D eigenvalue weighted by Crippen LogP contribution is -2.23. The first kappa shape index (κ1) is 13.6. The molecule has 0 radical (unpaired) electrons. The largest absolute Gasteiger partial charge is 0.494 e. The van der Waals surface area contributed by atoms with Crippen LogP contribution < -0.4 is 15.2 Å². The number of nitrogens with zero attached hydrogens (tertiary/aromatic N) is 2. The average Bonchev–Trinajstić information content (AvgIpc) is 2.71. The van der Waals surface area contributed by atoms with Gasteiger partial charge in [-0.1, -0.05) is 0 Å². The van der Waals surface area contributed by atoms with E-state index in [0.29, 0.717) is 17.0 Å². The van der Waals surface area contributed by atoms with Crippen LogP contribution in [-0.2, 0) is 17.1 Å². The van der Waals surface area contributed by atoms with E-state index in [4.69, 9.17) is 10.5 Å². The quantitative estimate of drug-likeness (QED) is 0.821. The van der Waals surface area contributed by atoms with Crippen molar-refractivity contribution in [3.63, 3.8) is 0 Å². The van der Waals surface area contributed by atoms with Crippen LogP contribution in [0.15, 0.2) is 18.3 Å². The van der Waals surface area contributed by atoms with Gasteiger partial charge >= 0.3 is 0 Å². The van der Waals surface area contributed by atoms with E-state index in [9.17, 15) is 8.42 Å². The number of ether oxygens (including phenoxy) is 1. The van der Waals surface area contributed by atoms with E-state index in [1.54, 1.807) is 24.0 Å². The summed E-state index contributed by atoms with van der Waals surface area (Å²) in [4.78, 5) is 0. The minimum Gasteiger partial charge on any atom is -0.494 e. The topological polar surface area (TPSA) is 99.2 Å². The molecule has 1 heterocycles. The molecule has 0 bridgehead atoms. The molecule has 3 N–H and O–H groups in total. The Morgan fingerprint density at radius 3 is 2.84 bits per heavy atom. The highest BCUT2D eigenvalue weighted by atomic mass is 32.2. The van der Waals surface area contributed by atoms with Gasteiger partial charge in [0.2, 0.25) is 10.0 Å². The van der Waals surface area contributed by atoms with Crippen molar-refractivity contribution < 1.29 is 13.2 Å². The molecular weight excluding hydrogens is 268 g/mol. The van der Waals surface area contributed by atoms with Crippen LogP contribution in [0.2, 0.25) is 0 Å². The second-order valence-corrected chi connectivity index (χ2v) is 5.90. The van der Waals surface area contributed by atoms with Crippen molar-refractivity contribution in [1.82, 2.24) is 9.78 Å². The molecule has 0 unspecified atom stereocenters. The number of anilines is 1. The molecule has 19 heavy (non-hydrogen) atoms. The molecule has 0 aliphatic carbocycles. The predicted molar refractivity (Wildman–Crippen MR) is 73.7 cm³/mol. The summed E-state index contributed by atoms with van der Waals surface area (Å²) in [6, 6.07) is 3.52. The Morgan fingerprint density at radius 1 is 1.47 bits per heavy atom. The molecule has 2 rings (SSSR count). The highest BCUT2D eigenvalue weighted by Gasteiger charge is 2.17. The number of aromatic nitrogens is 2. The molecule has 104 valence electrons. The van der Waals surface area contributed by atoms with Gasteiger partial charge in [-0.05, 0) is 12.1 Å². The summed E-state index contributed by atoms with van der Waals surface area (Å²) in [5.41, 5.74) is 6.34. The average molecular weight is 284 g/mol. The maximum Gasteiger partial charge on any atom is 0.234 e. The normalized spacial score (nSPS) is 11.7. The Kier molecular flexibility index (Phi) is 3.63. The fourth-order valence-electron chi connectivity index (χ4n) is 1.88. The number of aryl methyl sites for hydroxylation is 1. The van der Waals surface area contributed by atoms with Gasteiger partial charge in [-0.25, -0.2) is 8.42 Å². The Bertz CT molecular complexity index is 693. The Labute approximate surface area is 111 Å². The van der Waals surface area contributed by atoms with Gasteiger partial charge in [0, 0.05) is 19.0 Å². The van der Waals surface area contributed by atoms with Crippen molar-refractivity contribution in [2.24, 2.45) is 12.8 Å². The zero-order valence-corrected chi connectivity index (χ0v) is 11.6. The number of nitrogens with one attached hydrogen (secondary N) is 1. The lowest BCUT2D eigenvalue weighted by Gasteiger charge is -2.13. The number of methoxy groups -OCH3 is 1. The summed E-state index contributed by atoms with van der Waals surface area (Å²) in [7, 11) is -0.277. The van der Waals surface area contributed by atoms with Crippen molar-refractivity contribution >= 4 is 26.6 Å². The van der Waals surface area contributed by atoms with Gasteiger partial charge < -0.3 is 10.5 Å². The predicted octanol–water partition coefficient (Wildman–Crippen LogP) is 0.282. The van der Waals surface area contributed by atoms with Crippen LogP contribution in [0.3, 0.4) is 0 Å². The van der Waals surface area contributed by atoms with E-state index in [1.807, 2.05) is 6.07 Å². The van der Waals surface area contributed by atoms with E-state index in [2.05, 4.69) is 9.82 Å². The zero-order valence-electron chi connectivity index (χ0n) is 10.8. The van der Waals surface area contributed by atoms with E-state index < -0.39 is 10.0 Å². The molecule has 1 aromatic heterocycles. The van der Waals surface area contributed by atoms with Crippen molar-refractivity contribution in [3.05, 3.63) is 18.3 Å². The van der Waals surface area contributed by atoms with Crippen molar-refractivity contribution in [1.29, 1.82) is 0 Å². The van der Waals surface area contributed by atoms with Gasteiger partial charge in [0.1, 0.15) is 11.4 Å². The van der Waals surface area contributed by atoms with E-state index >= 15 is 0 Å². The molecule has 2 aromatic rings. The van der Waals surface area contributed by atoms with E-state index in [0.717, 1.165) is 5.39 Å². The van der Waals surface area contributed by atoms with Crippen LogP contribution in [-0.4, -0.2) is 37.6 Å². The summed E-state index contributed by atoms with van der Waals surface area (Å²) >= 11 is 0. The SMILES string of the molecule is COc1ccc2cnn(C)c2c1NS(=O)(=O)CCN. The Balaban J connectivity index is 2.59. The van der Waals surface area contributed by atoms with E-state index in [1.165, 1.54) is 7.11 Å². The molecule has 0 amide bonds. The molecule has 0 atom stereocenters. The molecule has 0 fully saturated rings. The van der Waals surface area contributed by atoms with Crippen molar-refractivity contribution in [3.8, 4) is 5.75 Å². The van der Waals surface area contributed by atoms with Crippen LogP contribution in [0, 0.1) is 0 Å². The minimum absolute atomic E-state index is 0.0546. The monoisotopic (exact) mass is 284 g/mol. The zero-order chi connectivity index (χ0) is 14.0. The second-order valence-electron chi connectivity index (χ2n) is 4.06. The van der Waals surface area contributed by atoms with Crippen LogP contribution in [0.5, 0.6) is 5.75 Å². The smallest absolute Gasteiger partial charge is 0.234 e. The number of hydrogen-bond acceptors (Lipinski definition) is 5. The number of benzene rings is 1. The van der Waals surface area contributed by atoms with Gasteiger partial charge in [0.25, 0.3) is 0 Å². The number of hydrogen-bond donors (Lipinski definition) is 2. The maximum atomic E-state index is 11.9. The lowest BCUT2D eigenvalue weighted by molar-refractivity contribution is 0.417. The third kappa shape index (κ3) is 2.64. The third-order valence-corrected chi connectivity index (χ3v) is 4.02. The molecule has 0 saturated carbocycles. The molecule has 0 spiro atoms. The molecule has 8 heteroatoms. The van der Waals surface area contributed by atoms with Crippen LogP contribution >= 0.6 is 0 Å². The lowest BCUT2D eigenvalue weighted by atomic mass is 10.2. The van der Waals surface area contributed by atoms with Gasteiger partial charge in [0.05, 0.1) is 24.6 Å². The first-order valence-corrected chi connectivity index (χ1v) is 7.33. The number of fused-ring (bicyclic) bond motifs is 1. The summed E-state index contributed by atoms with van der Waals surface area (Å²) in [5.74, 6) is 0.293. The summed E-state index contributed by atoms with van der Waals surface area (Å²) in [6.07, 6.45) is 1.66. The fourth-order valence-corrected chi connectivity index (χ4v) is 2.80. The highest BCUT2D eigenvalue weighted by molar-refractivity contribution is 7.92. The molecule has 0 saturated heterocycles. The van der Waals surface area contributed by atoms with Gasteiger partial charge in [-0.2, -0.15) is 5.10 Å². The Hall–Kier alpha value is -1.80. The van der Waals surface area contributed by atoms with Gasteiger partial charge in [-0.3, -0.25) is 9.40 Å². The molecule has 1 aromatic carbocycles. The van der Waals surface area contributed by atoms with Crippen LogP contribution in [0.25, 0.3) is 10.9 Å². The molecule has 0 aliphatic heterocycles. The van der Waals surface area contributed by atoms with Gasteiger partial charge in [0.15, 0.2) is 0 Å². The number of rotatable bonds is 5. The number of nitrogens with two attached hydrogens (primary N) is 1. The summed E-state index contributed by atoms with van der Waals surface area (Å²) in [5, 5.41) is 4.94. The fraction of sp³-hybridized carbons (Fsp3) is 0.364. The second kappa shape index (κ2) is 5.06. The minimum atomic E-state index is -3.50. The maximum absolute atomic E-state index is 11.9. The number of sulfonamides is 1. The standard InChI is InChI=1S/C11H16N4O3S/c1-15-11-8(7-13-15)3-4-9(18-2)10(11)14-19(16,17)6-5-12/h3-4,7,14H,5-6,12H2,1-2H3. The summed E-state index contributed by atoms with van der Waals surface area (Å²) in [6.45, 7) is 0.0546. The van der Waals surface area contributed by atoms with Crippen LogP contribution in [0.1, 0.15) is 0 Å². The molecule has 0 aliphatic rings. The Morgan fingerprint density at radius 2 is 2.21 bits per heavy atom. The summed E-state index contributed by atoms with van der Waals surface area (Å²) < 4.78 is 33.1. The highest BCUT2D eigenvalue weighted by Crippen LogP contribution is 2.33. The van der Waals surface area contributed by atoms with E-state index in [-0.39, 0.29) is 12.3 Å².